The van der Waals surface area contributed by atoms with Crippen LogP contribution in [0.25, 0.3) is 0 Å². The maximum atomic E-state index is 12.9. The third kappa shape index (κ3) is 3.51. The average molecular weight is 411 g/mol. The summed E-state index contributed by atoms with van der Waals surface area (Å²) in [6.07, 6.45) is 4.77. The number of urea groups is 1. The Bertz CT molecular complexity index is 927. The quantitative estimate of drug-likeness (QED) is 0.421. The molecule has 158 valence electrons. The predicted molar refractivity (Wildman–Crippen MR) is 108 cm³/mol. The molecule has 30 heavy (non-hydrogen) atoms. The van der Waals surface area contributed by atoms with Crippen molar-refractivity contribution in [1.82, 2.24) is 9.80 Å². The molecule has 2 heterocycles. The van der Waals surface area contributed by atoms with E-state index >= 15 is 0 Å². The molecule has 8 heteroatoms. The van der Waals surface area contributed by atoms with Crippen molar-refractivity contribution in [3.63, 3.8) is 0 Å². The normalized spacial score (nSPS) is 24.9. The minimum absolute atomic E-state index is 0.00679. The van der Waals surface area contributed by atoms with E-state index < -0.39 is 30.2 Å². The van der Waals surface area contributed by atoms with Crippen LogP contribution in [-0.2, 0) is 14.4 Å². The van der Waals surface area contributed by atoms with E-state index in [1.54, 1.807) is 29.2 Å². The molecule has 2 atom stereocenters. The van der Waals surface area contributed by atoms with Gasteiger partial charge in [-0.15, -0.1) is 0 Å². The zero-order chi connectivity index (χ0) is 21.4. The van der Waals surface area contributed by atoms with Gasteiger partial charge in [0.25, 0.3) is 0 Å². The highest BCUT2D eigenvalue weighted by Crippen LogP contribution is 2.31. The molecule has 1 aromatic rings. The number of carbonyl (C=O) groups excluding carboxylic acids is 5. The number of anilines is 1. The second kappa shape index (κ2) is 8.01. The number of hydrogen-bond acceptors (Lipinski definition) is 5. The van der Waals surface area contributed by atoms with Crippen molar-refractivity contribution in [1.29, 1.82) is 0 Å². The van der Waals surface area contributed by atoms with Crippen molar-refractivity contribution in [2.45, 2.75) is 51.5 Å². The molecule has 0 bridgehead atoms. The molecule has 3 aliphatic rings. The maximum absolute atomic E-state index is 12.9. The lowest BCUT2D eigenvalue weighted by molar-refractivity contribution is -0.144. The Morgan fingerprint density at radius 2 is 1.80 bits per heavy atom. The van der Waals surface area contributed by atoms with E-state index in [9.17, 15) is 24.0 Å². The number of benzene rings is 1. The van der Waals surface area contributed by atoms with E-state index in [1.807, 2.05) is 6.92 Å². The Hall–Kier alpha value is -3.03. The van der Waals surface area contributed by atoms with Gasteiger partial charge >= 0.3 is 17.8 Å². The summed E-state index contributed by atoms with van der Waals surface area (Å²) in [4.78, 5) is 66.1. The van der Waals surface area contributed by atoms with E-state index in [4.69, 9.17) is 0 Å². The fraction of sp³-hybridized carbons (Fsp3) is 0.500. The molecule has 4 rings (SSSR count). The molecule has 0 aromatic heterocycles. The highest BCUT2D eigenvalue weighted by Gasteiger charge is 2.49. The molecule has 0 radical (unpaired) electrons. The van der Waals surface area contributed by atoms with Crippen LogP contribution in [0, 0.1) is 5.92 Å². The zero-order valence-corrected chi connectivity index (χ0v) is 17.0. The lowest BCUT2D eigenvalue weighted by atomic mass is 9.85. The van der Waals surface area contributed by atoms with Gasteiger partial charge in [-0.05, 0) is 37.3 Å². The van der Waals surface area contributed by atoms with Gasteiger partial charge in [-0.3, -0.25) is 24.1 Å². The van der Waals surface area contributed by atoms with E-state index in [0.717, 1.165) is 35.5 Å². The SMILES string of the molecule is C[C@@H]1CCCC[C@H]1N1C(=O)C(=O)N(CC(=O)c2cccc(N3CCCC3=O)c2)C1=O. The van der Waals surface area contributed by atoms with Crippen LogP contribution in [0.4, 0.5) is 10.5 Å². The molecular formula is C22H25N3O5. The van der Waals surface area contributed by atoms with Gasteiger partial charge in [0.05, 0.1) is 6.54 Å². The summed E-state index contributed by atoms with van der Waals surface area (Å²) in [5.74, 6) is -2.10. The van der Waals surface area contributed by atoms with E-state index in [0.29, 0.717) is 30.6 Å². The van der Waals surface area contributed by atoms with Gasteiger partial charge in [0.2, 0.25) is 5.91 Å². The monoisotopic (exact) mass is 411 g/mol. The van der Waals surface area contributed by atoms with Crippen LogP contribution in [-0.4, -0.2) is 58.5 Å². The Kier molecular flexibility index (Phi) is 5.40. The Morgan fingerprint density at radius 3 is 2.50 bits per heavy atom. The third-order valence-corrected chi connectivity index (χ3v) is 6.34. The maximum Gasteiger partial charge on any atom is 0.334 e. The van der Waals surface area contributed by atoms with Gasteiger partial charge in [-0.2, -0.15) is 0 Å². The molecule has 0 unspecified atom stereocenters. The van der Waals surface area contributed by atoms with Crippen molar-refractivity contribution in [2.24, 2.45) is 5.92 Å². The number of ketones is 1. The van der Waals surface area contributed by atoms with Gasteiger partial charge in [0, 0.05) is 30.3 Å². The standard InChI is InChI=1S/C22H25N3O5/c1-14-6-2-3-9-17(14)25-21(29)20(28)24(22(25)30)13-18(26)15-7-4-8-16(12-15)23-11-5-10-19(23)27/h4,7-8,12,14,17H,2-3,5-6,9-11,13H2,1H3/t14-,17-/m1/s1. The fourth-order valence-electron chi connectivity index (χ4n) is 4.64. The molecule has 0 N–H and O–H groups in total. The summed E-state index contributed by atoms with van der Waals surface area (Å²) < 4.78 is 0. The van der Waals surface area contributed by atoms with Crippen molar-refractivity contribution >= 4 is 35.2 Å². The van der Waals surface area contributed by atoms with Crippen LogP contribution in [0.2, 0.25) is 0 Å². The van der Waals surface area contributed by atoms with Gasteiger partial charge in [-0.1, -0.05) is 31.9 Å². The minimum Gasteiger partial charge on any atom is -0.312 e. The lowest BCUT2D eigenvalue weighted by Gasteiger charge is -2.34. The van der Waals surface area contributed by atoms with Gasteiger partial charge in [0.15, 0.2) is 5.78 Å². The second-order valence-electron chi connectivity index (χ2n) is 8.30. The summed E-state index contributed by atoms with van der Waals surface area (Å²) in [6, 6.07) is 5.60. The van der Waals surface area contributed by atoms with Crippen LogP contribution in [0.3, 0.4) is 0 Å². The van der Waals surface area contributed by atoms with E-state index in [2.05, 4.69) is 0 Å². The van der Waals surface area contributed by atoms with Crippen LogP contribution in [0.5, 0.6) is 0 Å². The number of carbonyl (C=O) groups is 5. The zero-order valence-electron chi connectivity index (χ0n) is 17.0. The summed E-state index contributed by atoms with van der Waals surface area (Å²) in [5.41, 5.74) is 0.917. The molecule has 5 amide bonds. The second-order valence-corrected chi connectivity index (χ2v) is 8.30. The highest BCUT2D eigenvalue weighted by atomic mass is 16.2. The summed E-state index contributed by atoms with van der Waals surface area (Å²) in [5, 5.41) is 0. The molecule has 3 fully saturated rings. The van der Waals surface area contributed by atoms with Crippen molar-refractivity contribution < 1.29 is 24.0 Å². The fourth-order valence-corrected chi connectivity index (χ4v) is 4.64. The lowest BCUT2D eigenvalue weighted by Crippen LogP contribution is -2.46. The first-order valence-corrected chi connectivity index (χ1v) is 10.5. The molecular weight excluding hydrogens is 386 g/mol. The Labute approximate surface area is 174 Å². The summed E-state index contributed by atoms with van der Waals surface area (Å²) in [6.45, 7) is 2.09. The number of hydrogen-bond donors (Lipinski definition) is 0. The minimum atomic E-state index is -0.947. The van der Waals surface area contributed by atoms with E-state index in [1.165, 1.54) is 0 Å². The van der Waals surface area contributed by atoms with Gasteiger partial charge in [0.1, 0.15) is 0 Å². The number of amides is 5. The predicted octanol–water partition coefficient (Wildman–Crippen LogP) is 2.37. The van der Waals surface area contributed by atoms with Crippen LogP contribution >= 0.6 is 0 Å². The molecule has 0 spiro atoms. The first-order valence-electron chi connectivity index (χ1n) is 10.5. The largest absolute Gasteiger partial charge is 0.334 e. The molecule has 2 saturated heterocycles. The highest BCUT2D eigenvalue weighted by molar-refractivity contribution is 6.45. The Balaban J connectivity index is 1.50. The van der Waals surface area contributed by atoms with Crippen LogP contribution < -0.4 is 4.90 Å². The molecule has 1 saturated carbocycles. The third-order valence-electron chi connectivity index (χ3n) is 6.34. The molecule has 1 aliphatic carbocycles. The topological polar surface area (TPSA) is 95.1 Å². The summed E-state index contributed by atoms with van der Waals surface area (Å²) >= 11 is 0. The Morgan fingerprint density at radius 1 is 1.03 bits per heavy atom. The van der Waals surface area contributed by atoms with Gasteiger partial charge < -0.3 is 4.90 Å². The van der Waals surface area contributed by atoms with Crippen molar-refractivity contribution in [2.75, 3.05) is 18.0 Å². The van der Waals surface area contributed by atoms with Gasteiger partial charge in [-0.25, -0.2) is 9.69 Å². The number of imide groups is 2. The number of nitrogens with zero attached hydrogens (tertiary/aromatic N) is 3. The molecule has 1 aromatic carbocycles. The number of Topliss-reactive ketones (excluding diaryl/α,β-unsaturated/α-hetero) is 1. The molecule has 2 aliphatic heterocycles. The van der Waals surface area contributed by atoms with Crippen LogP contribution in [0.1, 0.15) is 55.8 Å². The average Bonchev–Trinajstić information content (AvgIpc) is 3.26. The number of rotatable bonds is 5. The van der Waals surface area contributed by atoms with E-state index in [-0.39, 0.29) is 17.9 Å². The molecule has 8 nitrogen and oxygen atoms in total. The summed E-state index contributed by atoms with van der Waals surface area (Å²) in [7, 11) is 0. The first-order chi connectivity index (χ1) is 14.4. The van der Waals surface area contributed by atoms with Crippen LogP contribution in [0.15, 0.2) is 24.3 Å². The smallest absolute Gasteiger partial charge is 0.312 e. The first kappa shape index (κ1) is 20.3. The van der Waals surface area contributed by atoms with Crippen molar-refractivity contribution in [3.8, 4) is 0 Å². The van der Waals surface area contributed by atoms with Crippen molar-refractivity contribution in [3.05, 3.63) is 29.8 Å².